The Balaban J connectivity index is 2.52. The first-order valence-corrected chi connectivity index (χ1v) is 4.09. The van der Waals surface area contributed by atoms with Crippen molar-refractivity contribution in [3.8, 4) is 0 Å². The van der Waals surface area contributed by atoms with Crippen LogP contribution in [-0.4, -0.2) is 23.0 Å². The number of hydrogen-bond donors (Lipinski definition) is 1. The van der Waals surface area contributed by atoms with Crippen LogP contribution in [0.25, 0.3) is 0 Å². The van der Waals surface area contributed by atoms with Crippen LogP contribution in [-0.2, 0) is 0 Å². The van der Waals surface area contributed by atoms with Gasteiger partial charge in [0, 0.05) is 24.8 Å². The van der Waals surface area contributed by atoms with Crippen LogP contribution in [0.3, 0.4) is 0 Å². The summed E-state index contributed by atoms with van der Waals surface area (Å²) in [4.78, 5) is 0. The Morgan fingerprint density at radius 1 is 1.67 bits per heavy atom. The van der Waals surface area contributed by atoms with Crippen LogP contribution in [0, 0.1) is 0 Å². The topological polar surface area (TPSA) is 29.9 Å². The lowest BCUT2D eigenvalue weighted by atomic mass is 10.4. The summed E-state index contributed by atoms with van der Waals surface area (Å²) in [5.74, 6) is 0.737. The highest BCUT2D eigenvalue weighted by atomic mass is 19.1. The van der Waals surface area contributed by atoms with Gasteiger partial charge >= 0.3 is 0 Å². The van der Waals surface area contributed by atoms with Gasteiger partial charge in [-0.05, 0) is 13.8 Å². The van der Waals surface area contributed by atoms with Crippen molar-refractivity contribution in [1.82, 2.24) is 9.78 Å². The van der Waals surface area contributed by atoms with Gasteiger partial charge in [-0.15, -0.1) is 0 Å². The fourth-order valence-electron chi connectivity index (χ4n) is 0.895. The van der Waals surface area contributed by atoms with Gasteiger partial charge in [0.25, 0.3) is 0 Å². The monoisotopic (exact) mass is 171 g/mol. The second kappa shape index (κ2) is 4.09. The fourth-order valence-corrected chi connectivity index (χ4v) is 0.895. The fraction of sp³-hybridized carbons (Fsp3) is 0.625. The second-order valence-corrected chi connectivity index (χ2v) is 2.89. The van der Waals surface area contributed by atoms with Gasteiger partial charge in [-0.2, -0.15) is 5.10 Å². The number of nitrogens with one attached hydrogen (secondary N) is 1. The van der Waals surface area contributed by atoms with Crippen LogP contribution in [0.4, 0.5) is 10.2 Å². The zero-order chi connectivity index (χ0) is 8.97. The number of nitrogens with zero attached hydrogens (tertiary/aromatic N) is 2. The van der Waals surface area contributed by atoms with Gasteiger partial charge in [-0.3, -0.25) is 4.68 Å². The van der Waals surface area contributed by atoms with Crippen molar-refractivity contribution in [3.63, 3.8) is 0 Å². The van der Waals surface area contributed by atoms with E-state index in [9.17, 15) is 4.39 Å². The predicted octanol–water partition coefficient (Wildman–Crippen LogP) is 1.85. The first-order chi connectivity index (χ1) is 5.74. The maximum atomic E-state index is 11.7. The molecule has 0 aliphatic heterocycles. The Kier molecular flexibility index (Phi) is 3.08. The molecule has 0 radical (unpaired) electrons. The van der Waals surface area contributed by atoms with Crippen molar-refractivity contribution in [2.45, 2.75) is 19.9 Å². The van der Waals surface area contributed by atoms with E-state index < -0.39 is 0 Å². The molecule has 0 bridgehead atoms. The van der Waals surface area contributed by atoms with Gasteiger partial charge in [0.15, 0.2) is 0 Å². The van der Waals surface area contributed by atoms with Crippen LogP contribution in [0.2, 0.25) is 0 Å². The SMILES string of the molecule is CC(C)n1ccc(NCCF)n1. The first-order valence-electron chi connectivity index (χ1n) is 4.09. The molecule has 3 nitrogen and oxygen atoms in total. The van der Waals surface area contributed by atoms with Crippen molar-refractivity contribution < 1.29 is 4.39 Å². The van der Waals surface area contributed by atoms with Gasteiger partial charge in [0.2, 0.25) is 0 Å². The van der Waals surface area contributed by atoms with Crippen molar-refractivity contribution >= 4 is 5.82 Å². The number of hydrogen-bond acceptors (Lipinski definition) is 2. The van der Waals surface area contributed by atoms with E-state index in [0.717, 1.165) is 5.82 Å². The normalized spacial score (nSPS) is 10.7. The summed E-state index contributed by atoms with van der Waals surface area (Å²) >= 11 is 0. The summed E-state index contributed by atoms with van der Waals surface area (Å²) in [6.07, 6.45) is 1.88. The molecule has 1 aromatic rings. The first kappa shape index (κ1) is 9.03. The van der Waals surface area contributed by atoms with E-state index >= 15 is 0 Å². The molecular weight excluding hydrogens is 157 g/mol. The molecule has 0 fully saturated rings. The number of anilines is 1. The summed E-state index contributed by atoms with van der Waals surface area (Å²) in [7, 11) is 0. The Morgan fingerprint density at radius 2 is 2.42 bits per heavy atom. The highest BCUT2D eigenvalue weighted by Gasteiger charge is 1.99. The highest BCUT2D eigenvalue weighted by Crippen LogP contribution is 2.07. The molecule has 1 heterocycles. The van der Waals surface area contributed by atoms with E-state index in [4.69, 9.17) is 0 Å². The molecule has 0 saturated carbocycles. The van der Waals surface area contributed by atoms with E-state index in [1.54, 1.807) is 0 Å². The quantitative estimate of drug-likeness (QED) is 0.749. The number of rotatable bonds is 4. The molecule has 0 amide bonds. The third kappa shape index (κ3) is 2.22. The van der Waals surface area contributed by atoms with E-state index in [-0.39, 0.29) is 6.67 Å². The van der Waals surface area contributed by atoms with E-state index in [2.05, 4.69) is 10.4 Å². The largest absolute Gasteiger partial charge is 0.366 e. The smallest absolute Gasteiger partial charge is 0.148 e. The molecule has 0 aromatic carbocycles. The molecule has 0 spiro atoms. The number of alkyl halides is 1. The molecule has 0 aliphatic carbocycles. The molecule has 1 aromatic heterocycles. The average molecular weight is 171 g/mol. The van der Waals surface area contributed by atoms with Crippen molar-refractivity contribution in [2.75, 3.05) is 18.5 Å². The van der Waals surface area contributed by atoms with Gasteiger partial charge in [-0.1, -0.05) is 0 Å². The Bertz CT molecular complexity index is 232. The third-order valence-electron chi connectivity index (χ3n) is 1.54. The van der Waals surface area contributed by atoms with Gasteiger partial charge in [0.1, 0.15) is 12.5 Å². The molecule has 68 valence electrons. The summed E-state index contributed by atoms with van der Waals surface area (Å²) in [5.41, 5.74) is 0. The predicted molar refractivity (Wildman–Crippen MR) is 47.1 cm³/mol. The molecule has 0 saturated heterocycles. The zero-order valence-electron chi connectivity index (χ0n) is 7.42. The Hall–Kier alpha value is -1.06. The van der Waals surface area contributed by atoms with Crippen molar-refractivity contribution in [2.24, 2.45) is 0 Å². The lowest BCUT2D eigenvalue weighted by Crippen LogP contribution is -2.06. The molecular formula is C8H14FN3. The molecule has 0 aliphatic rings. The summed E-state index contributed by atoms with van der Waals surface area (Å²) in [5, 5.41) is 7.05. The summed E-state index contributed by atoms with van der Waals surface area (Å²) < 4.78 is 13.6. The molecule has 4 heteroatoms. The maximum Gasteiger partial charge on any atom is 0.148 e. The average Bonchev–Trinajstić information content (AvgIpc) is 2.48. The molecule has 12 heavy (non-hydrogen) atoms. The lowest BCUT2D eigenvalue weighted by Gasteiger charge is -2.03. The summed E-state index contributed by atoms with van der Waals surface area (Å²) in [6, 6.07) is 2.20. The van der Waals surface area contributed by atoms with Crippen LogP contribution in [0.15, 0.2) is 12.3 Å². The van der Waals surface area contributed by atoms with Gasteiger partial charge in [-0.25, -0.2) is 4.39 Å². The molecule has 1 rings (SSSR count). The second-order valence-electron chi connectivity index (χ2n) is 2.89. The lowest BCUT2D eigenvalue weighted by molar-refractivity contribution is 0.509. The zero-order valence-corrected chi connectivity index (χ0v) is 7.42. The van der Waals surface area contributed by atoms with Crippen LogP contribution in [0.1, 0.15) is 19.9 Å². The standard InChI is InChI=1S/C8H14FN3/c1-7(2)12-6-3-8(11-12)10-5-4-9/h3,6-7H,4-5H2,1-2H3,(H,10,11). The third-order valence-corrected chi connectivity index (χ3v) is 1.54. The number of halogens is 1. The van der Waals surface area contributed by atoms with Crippen LogP contribution in [0.5, 0.6) is 0 Å². The van der Waals surface area contributed by atoms with Crippen molar-refractivity contribution in [3.05, 3.63) is 12.3 Å². The Morgan fingerprint density at radius 3 is 2.92 bits per heavy atom. The van der Waals surface area contributed by atoms with E-state index in [1.807, 2.05) is 30.8 Å². The summed E-state index contributed by atoms with van der Waals surface area (Å²) in [6.45, 7) is 4.06. The van der Waals surface area contributed by atoms with E-state index in [0.29, 0.717) is 12.6 Å². The van der Waals surface area contributed by atoms with Crippen molar-refractivity contribution in [1.29, 1.82) is 0 Å². The highest BCUT2D eigenvalue weighted by molar-refractivity contribution is 5.31. The van der Waals surface area contributed by atoms with Crippen LogP contribution >= 0.6 is 0 Å². The minimum Gasteiger partial charge on any atom is -0.366 e. The minimum absolute atomic E-state index is 0.328. The Labute approximate surface area is 71.6 Å². The van der Waals surface area contributed by atoms with Gasteiger partial charge < -0.3 is 5.32 Å². The molecule has 0 atom stereocenters. The number of aromatic nitrogens is 2. The van der Waals surface area contributed by atoms with Gasteiger partial charge in [0.05, 0.1) is 0 Å². The minimum atomic E-state index is -0.367. The maximum absolute atomic E-state index is 11.7. The van der Waals surface area contributed by atoms with E-state index in [1.165, 1.54) is 0 Å². The van der Waals surface area contributed by atoms with Crippen LogP contribution < -0.4 is 5.32 Å². The molecule has 1 N–H and O–H groups in total. The molecule has 0 unspecified atom stereocenters.